The molecule has 0 bridgehead atoms. The van der Waals surface area contributed by atoms with E-state index < -0.39 is 23.1 Å². The topological polar surface area (TPSA) is 85.8 Å². The zero-order valence-electron chi connectivity index (χ0n) is 9.81. The molecule has 0 fully saturated rings. The summed E-state index contributed by atoms with van der Waals surface area (Å²) in [5.41, 5.74) is 4.33. The molecule has 2 rings (SSSR count). The molecule has 6 nitrogen and oxygen atoms in total. The van der Waals surface area contributed by atoms with Crippen molar-refractivity contribution in [2.75, 3.05) is 12.3 Å². The van der Waals surface area contributed by atoms with Gasteiger partial charge in [0.15, 0.2) is 5.82 Å². The molecule has 0 saturated carbocycles. The molecule has 0 spiro atoms. The van der Waals surface area contributed by atoms with Gasteiger partial charge >= 0.3 is 0 Å². The molecule has 0 aliphatic rings. The van der Waals surface area contributed by atoms with Gasteiger partial charge in [-0.25, -0.2) is 8.78 Å². The summed E-state index contributed by atoms with van der Waals surface area (Å²) in [4.78, 5) is 11.7. The highest BCUT2D eigenvalue weighted by Crippen LogP contribution is 2.18. The van der Waals surface area contributed by atoms with Gasteiger partial charge in [0.2, 0.25) is 0 Å². The third kappa shape index (κ3) is 2.84. The van der Waals surface area contributed by atoms with Gasteiger partial charge in [0, 0.05) is 12.7 Å². The van der Waals surface area contributed by atoms with Crippen molar-refractivity contribution in [2.45, 2.75) is 6.54 Å². The largest absolute Gasteiger partial charge is 0.396 e. The zero-order chi connectivity index (χ0) is 13.8. The molecule has 0 unspecified atom stereocenters. The van der Waals surface area contributed by atoms with Crippen LogP contribution in [0.15, 0.2) is 24.5 Å². The molecular weight excluding hydrogens is 256 g/mol. The Hall–Kier alpha value is -2.51. The number of hydrogen-bond donors (Lipinski definition) is 2. The summed E-state index contributed by atoms with van der Waals surface area (Å²) in [6.45, 7) is 0.507. The Labute approximate surface area is 107 Å². The van der Waals surface area contributed by atoms with Gasteiger partial charge in [-0.15, -0.1) is 5.10 Å². The molecule has 2 aromatic rings. The SMILES string of the molecule is Nc1ccc(F)c(C(=O)NCCn2ccnn2)c1F. The Morgan fingerprint density at radius 3 is 2.89 bits per heavy atom. The second kappa shape index (κ2) is 5.42. The molecule has 0 aliphatic heterocycles. The lowest BCUT2D eigenvalue weighted by molar-refractivity contribution is 0.0943. The van der Waals surface area contributed by atoms with Crippen LogP contribution in [0.3, 0.4) is 0 Å². The minimum absolute atomic E-state index is 0.163. The third-order valence-corrected chi connectivity index (χ3v) is 2.45. The van der Waals surface area contributed by atoms with E-state index in [2.05, 4.69) is 15.6 Å². The highest BCUT2D eigenvalue weighted by Gasteiger charge is 2.19. The molecule has 0 atom stereocenters. The first-order chi connectivity index (χ1) is 9.09. The van der Waals surface area contributed by atoms with Crippen LogP contribution in [0.2, 0.25) is 0 Å². The van der Waals surface area contributed by atoms with Gasteiger partial charge in [0.25, 0.3) is 5.91 Å². The number of nitrogens with two attached hydrogens (primary N) is 1. The van der Waals surface area contributed by atoms with Crippen molar-refractivity contribution in [3.8, 4) is 0 Å². The van der Waals surface area contributed by atoms with Gasteiger partial charge in [-0.1, -0.05) is 5.21 Å². The standard InChI is InChI=1S/C11H11F2N5O/c12-7-1-2-8(14)10(13)9(7)11(19)15-3-5-18-6-4-16-17-18/h1-2,4,6H,3,5,14H2,(H,15,19). The lowest BCUT2D eigenvalue weighted by atomic mass is 10.1. The normalized spacial score (nSPS) is 10.4. The summed E-state index contributed by atoms with van der Waals surface area (Å²) in [5.74, 6) is -2.87. The van der Waals surface area contributed by atoms with Gasteiger partial charge in [-0.3, -0.25) is 9.48 Å². The van der Waals surface area contributed by atoms with E-state index in [1.54, 1.807) is 6.20 Å². The third-order valence-electron chi connectivity index (χ3n) is 2.45. The highest BCUT2D eigenvalue weighted by molar-refractivity contribution is 5.95. The van der Waals surface area contributed by atoms with Crippen LogP contribution in [0.1, 0.15) is 10.4 Å². The van der Waals surface area contributed by atoms with Crippen LogP contribution in [0.25, 0.3) is 0 Å². The first-order valence-electron chi connectivity index (χ1n) is 5.45. The molecule has 1 aromatic carbocycles. The number of halogens is 2. The van der Waals surface area contributed by atoms with Crippen molar-refractivity contribution in [3.63, 3.8) is 0 Å². The Balaban J connectivity index is 2.02. The number of hydrogen-bond acceptors (Lipinski definition) is 4. The van der Waals surface area contributed by atoms with Crippen molar-refractivity contribution in [1.29, 1.82) is 0 Å². The minimum atomic E-state index is -1.06. The second-order valence-corrected chi connectivity index (χ2v) is 3.75. The summed E-state index contributed by atoms with van der Waals surface area (Å²) < 4.78 is 28.4. The molecule has 1 amide bonds. The fraction of sp³-hybridized carbons (Fsp3) is 0.182. The molecule has 3 N–H and O–H groups in total. The van der Waals surface area contributed by atoms with E-state index in [1.807, 2.05) is 0 Å². The van der Waals surface area contributed by atoms with Crippen LogP contribution in [0.5, 0.6) is 0 Å². The monoisotopic (exact) mass is 267 g/mol. The predicted molar refractivity (Wildman–Crippen MR) is 63.1 cm³/mol. The van der Waals surface area contributed by atoms with Crippen LogP contribution in [0, 0.1) is 11.6 Å². The Kier molecular flexibility index (Phi) is 3.69. The molecular formula is C11H11F2N5O. The van der Waals surface area contributed by atoms with E-state index >= 15 is 0 Å². The quantitative estimate of drug-likeness (QED) is 0.793. The lowest BCUT2D eigenvalue weighted by Crippen LogP contribution is -2.29. The number of rotatable bonds is 4. The van der Waals surface area contributed by atoms with Crippen molar-refractivity contribution in [2.24, 2.45) is 0 Å². The number of carbonyl (C=O) groups excluding carboxylic acids is 1. The molecule has 19 heavy (non-hydrogen) atoms. The van der Waals surface area contributed by atoms with Crippen molar-refractivity contribution in [3.05, 3.63) is 41.7 Å². The van der Waals surface area contributed by atoms with Gasteiger partial charge in [0.05, 0.1) is 18.4 Å². The number of carbonyl (C=O) groups is 1. The van der Waals surface area contributed by atoms with Gasteiger partial charge in [-0.05, 0) is 12.1 Å². The van der Waals surface area contributed by atoms with E-state index in [4.69, 9.17) is 5.73 Å². The maximum absolute atomic E-state index is 13.6. The van der Waals surface area contributed by atoms with Crippen molar-refractivity contribution >= 4 is 11.6 Å². The van der Waals surface area contributed by atoms with Crippen LogP contribution in [-0.4, -0.2) is 27.4 Å². The number of aromatic nitrogens is 3. The van der Waals surface area contributed by atoms with Crippen LogP contribution in [0.4, 0.5) is 14.5 Å². The van der Waals surface area contributed by atoms with E-state index in [9.17, 15) is 13.6 Å². The van der Waals surface area contributed by atoms with Crippen LogP contribution < -0.4 is 11.1 Å². The highest BCUT2D eigenvalue weighted by atomic mass is 19.1. The smallest absolute Gasteiger partial charge is 0.257 e. The number of benzene rings is 1. The predicted octanol–water partition coefficient (Wildman–Crippen LogP) is 0.568. The number of anilines is 1. The second-order valence-electron chi connectivity index (χ2n) is 3.75. The molecule has 1 heterocycles. The fourth-order valence-electron chi connectivity index (χ4n) is 1.50. The average molecular weight is 267 g/mol. The molecule has 1 aromatic heterocycles. The molecule has 8 heteroatoms. The summed E-state index contributed by atoms with van der Waals surface area (Å²) in [7, 11) is 0. The van der Waals surface area contributed by atoms with Crippen LogP contribution in [-0.2, 0) is 6.54 Å². The van der Waals surface area contributed by atoms with Crippen molar-refractivity contribution < 1.29 is 13.6 Å². The Morgan fingerprint density at radius 2 is 2.21 bits per heavy atom. The first kappa shape index (κ1) is 12.9. The molecule has 0 radical (unpaired) electrons. The van der Waals surface area contributed by atoms with Gasteiger partial charge in [0.1, 0.15) is 11.4 Å². The summed E-state index contributed by atoms with van der Waals surface area (Å²) in [6.07, 6.45) is 3.09. The van der Waals surface area contributed by atoms with Gasteiger partial charge < -0.3 is 11.1 Å². The maximum Gasteiger partial charge on any atom is 0.257 e. The number of nitrogens with zero attached hydrogens (tertiary/aromatic N) is 3. The lowest BCUT2D eigenvalue weighted by Gasteiger charge is -2.08. The summed E-state index contributed by atoms with van der Waals surface area (Å²) >= 11 is 0. The Morgan fingerprint density at radius 1 is 1.42 bits per heavy atom. The minimum Gasteiger partial charge on any atom is -0.396 e. The van der Waals surface area contributed by atoms with Crippen molar-refractivity contribution in [1.82, 2.24) is 20.3 Å². The maximum atomic E-state index is 13.6. The van der Waals surface area contributed by atoms with E-state index in [0.29, 0.717) is 6.54 Å². The number of nitrogen functional groups attached to an aromatic ring is 1. The van der Waals surface area contributed by atoms with E-state index in [-0.39, 0.29) is 12.2 Å². The average Bonchev–Trinajstić information content (AvgIpc) is 2.87. The summed E-state index contributed by atoms with van der Waals surface area (Å²) in [6, 6.07) is 2.02. The fourth-order valence-corrected chi connectivity index (χ4v) is 1.50. The van der Waals surface area contributed by atoms with Gasteiger partial charge in [-0.2, -0.15) is 0 Å². The first-order valence-corrected chi connectivity index (χ1v) is 5.45. The van der Waals surface area contributed by atoms with E-state index in [0.717, 1.165) is 12.1 Å². The van der Waals surface area contributed by atoms with E-state index in [1.165, 1.54) is 10.9 Å². The molecule has 100 valence electrons. The number of nitrogens with one attached hydrogen (secondary N) is 1. The zero-order valence-corrected chi connectivity index (χ0v) is 9.81. The molecule has 0 aliphatic carbocycles. The number of amides is 1. The van der Waals surface area contributed by atoms with Crippen LogP contribution >= 0.6 is 0 Å². The molecule has 0 saturated heterocycles. The summed E-state index contributed by atoms with van der Waals surface area (Å²) in [5, 5.41) is 9.65. The Bertz CT molecular complexity index is 585.